The summed E-state index contributed by atoms with van der Waals surface area (Å²) >= 11 is 12.4. The number of hydrogen-bond acceptors (Lipinski definition) is 3. The van der Waals surface area contributed by atoms with Crippen LogP contribution < -0.4 is 0 Å². The van der Waals surface area contributed by atoms with Crippen LogP contribution in [0.2, 0.25) is 10.2 Å². The summed E-state index contributed by atoms with van der Waals surface area (Å²) in [5, 5.41) is 0.989. The van der Waals surface area contributed by atoms with Gasteiger partial charge in [0.25, 0.3) is 0 Å². The first-order chi connectivity index (χ1) is 15.6. The smallest absolute Gasteiger partial charge is 0.161 e. The summed E-state index contributed by atoms with van der Waals surface area (Å²) in [6, 6.07) is 20.9. The van der Waals surface area contributed by atoms with Crippen LogP contribution in [0.5, 0.6) is 0 Å². The average molecular weight is 458 g/mol. The number of pyridine rings is 1. The molecule has 1 saturated carbocycles. The number of aromatic nitrogens is 3. The van der Waals surface area contributed by atoms with Crippen LogP contribution in [0, 0.1) is 0 Å². The number of nitrogens with zero attached hydrogens (tertiary/aromatic N) is 3. The summed E-state index contributed by atoms with van der Waals surface area (Å²) < 4.78 is 0. The molecule has 0 aliphatic heterocycles. The molecule has 2 aliphatic carbocycles. The highest BCUT2D eigenvalue weighted by Crippen LogP contribution is 2.56. The van der Waals surface area contributed by atoms with Crippen molar-refractivity contribution in [2.24, 2.45) is 0 Å². The van der Waals surface area contributed by atoms with E-state index in [0.717, 1.165) is 11.3 Å². The molecule has 0 atom stereocenters. The van der Waals surface area contributed by atoms with Gasteiger partial charge in [0.15, 0.2) is 5.82 Å². The van der Waals surface area contributed by atoms with E-state index in [2.05, 4.69) is 52.4 Å². The standard InChI is InChI=1S/C27H21Cl2N3/c28-18-9-11-23(30-16-18)24-15-25(29)32-26(31-24)17-8-10-20-19-6-2-3-7-21(19)27(22(20)14-17)12-4-1-5-13-27/h2-3,6-11,14-16H,1,4-5,12-13H2. The summed E-state index contributed by atoms with van der Waals surface area (Å²) in [4.78, 5) is 13.8. The molecule has 1 fully saturated rings. The van der Waals surface area contributed by atoms with Gasteiger partial charge in [-0.1, -0.05) is 78.9 Å². The van der Waals surface area contributed by atoms with Crippen LogP contribution in [0.1, 0.15) is 43.2 Å². The van der Waals surface area contributed by atoms with Gasteiger partial charge in [-0.25, -0.2) is 9.97 Å². The maximum absolute atomic E-state index is 6.41. The Morgan fingerprint density at radius 3 is 2.34 bits per heavy atom. The van der Waals surface area contributed by atoms with Crippen LogP contribution >= 0.6 is 23.2 Å². The van der Waals surface area contributed by atoms with Gasteiger partial charge in [-0.2, -0.15) is 0 Å². The van der Waals surface area contributed by atoms with E-state index in [0.29, 0.717) is 21.7 Å². The maximum Gasteiger partial charge on any atom is 0.161 e. The zero-order valence-electron chi connectivity index (χ0n) is 17.5. The van der Waals surface area contributed by atoms with Crippen molar-refractivity contribution in [2.75, 3.05) is 0 Å². The van der Waals surface area contributed by atoms with Crippen LogP contribution in [-0.2, 0) is 5.41 Å². The van der Waals surface area contributed by atoms with Gasteiger partial charge in [-0.3, -0.25) is 4.98 Å². The van der Waals surface area contributed by atoms with Crippen molar-refractivity contribution in [1.29, 1.82) is 0 Å². The molecule has 0 N–H and O–H groups in total. The highest BCUT2D eigenvalue weighted by molar-refractivity contribution is 6.30. The van der Waals surface area contributed by atoms with E-state index in [9.17, 15) is 0 Å². The first kappa shape index (κ1) is 19.9. The minimum atomic E-state index is 0.0966. The van der Waals surface area contributed by atoms with Crippen LogP contribution in [0.25, 0.3) is 33.9 Å². The summed E-state index contributed by atoms with van der Waals surface area (Å²) in [6.07, 6.45) is 7.84. The summed E-state index contributed by atoms with van der Waals surface area (Å²) in [5.74, 6) is 0.619. The molecule has 3 nitrogen and oxygen atoms in total. The van der Waals surface area contributed by atoms with Crippen LogP contribution in [-0.4, -0.2) is 15.0 Å². The van der Waals surface area contributed by atoms with E-state index < -0.39 is 0 Å². The lowest BCUT2D eigenvalue weighted by Gasteiger charge is -2.36. The summed E-state index contributed by atoms with van der Waals surface area (Å²) in [6.45, 7) is 0. The molecule has 158 valence electrons. The Kier molecular flexibility index (Phi) is 4.78. The second kappa shape index (κ2) is 7.68. The molecule has 2 aliphatic rings. The second-order valence-electron chi connectivity index (χ2n) is 8.71. The van der Waals surface area contributed by atoms with Crippen molar-refractivity contribution in [3.8, 4) is 33.9 Å². The predicted octanol–water partition coefficient (Wildman–Crippen LogP) is 7.74. The molecule has 32 heavy (non-hydrogen) atoms. The second-order valence-corrected chi connectivity index (χ2v) is 9.53. The van der Waals surface area contributed by atoms with Crippen molar-refractivity contribution in [3.05, 3.63) is 88.2 Å². The molecule has 0 unspecified atom stereocenters. The predicted molar refractivity (Wildman–Crippen MR) is 130 cm³/mol. The minimum Gasteiger partial charge on any atom is -0.253 e. The Labute approximate surface area is 197 Å². The van der Waals surface area contributed by atoms with E-state index in [1.165, 1.54) is 54.4 Å². The molecular weight excluding hydrogens is 437 g/mol. The third-order valence-corrected chi connectivity index (χ3v) is 7.34. The zero-order chi connectivity index (χ0) is 21.7. The van der Waals surface area contributed by atoms with Gasteiger partial charge in [0.05, 0.1) is 16.4 Å². The molecule has 2 heterocycles. The number of rotatable bonds is 2. The minimum absolute atomic E-state index is 0.0966. The third-order valence-electron chi connectivity index (χ3n) is 6.92. The number of fused-ring (bicyclic) bond motifs is 5. The lowest BCUT2D eigenvalue weighted by molar-refractivity contribution is 0.353. The zero-order valence-corrected chi connectivity index (χ0v) is 19.0. The van der Waals surface area contributed by atoms with Crippen LogP contribution in [0.3, 0.4) is 0 Å². The van der Waals surface area contributed by atoms with Crippen LogP contribution in [0.15, 0.2) is 66.9 Å². The van der Waals surface area contributed by atoms with E-state index in [-0.39, 0.29) is 5.41 Å². The van der Waals surface area contributed by atoms with Gasteiger partial charge >= 0.3 is 0 Å². The monoisotopic (exact) mass is 457 g/mol. The Balaban J connectivity index is 1.49. The van der Waals surface area contributed by atoms with E-state index in [1.54, 1.807) is 18.3 Å². The topological polar surface area (TPSA) is 38.7 Å². The number of hydrogen-bond donors (Lipinski definition) is 0. The highest BCUT2D eigenvalue weighted by Gasteiger charge is 2.43. The van der Waals surface area contributed by atoms with E-state index in [1.807, 2.05) is 6.07 Å². The quantitative estimate of drug-likeness (QED) is 0.288. The first-order valence-electron chi connectivity index (χ1n) is 11.1. The molecule has 4 aromatic rings. The fourth-order valence-corrected chi connectivity index (χ4v) is 5.79. The number of halogens is 2. The molecule has 1 spiro atoms. The van der Waals surface area contributed by atoms with Gasteiger partial charge in [0.2, 0.25) is 0 Å². The first-order valence-corrected chi connectivity index (χ1v) is 11.8. The van der Waals surface area contributed by atoms with Gasteiger partial charge in [0, 0.05) is 23.2 Å². The van der Waals surface area contributed by atoms with Gasteiger partial charge in [-0.15, -0.1) is 0 Å². The molecule has 0 amide bonds. The normalized spacial score (nSPS) is 16.1. The molecule has 5 heteroatoms. The van der Waals surface area contributed by atoms with Gasteiger partial charge < -0.3 is 0 Å². The van der Waals surface area contributed by atoms with E-state index >= 15 is 0 Å². The fourth-order valence-electron chi connectivity index (χ4n) is 5.49. The molecule has 6 rings (SSSR count). The molecule has 2 aromatic heterocycles. The van der Waals surface area contributed by atoms with E-state index in [4.69, 9.17) is 28.2 Å². The lowest BCUT2D eigenvalue weighted by Crippen LogP contribution is -2.28. The Morgan fingerprint density at radius 1 is 0.719 bits per heavy atom. The molecular formula is C27H21Cl2N3. The molecule has 0 radical (unpaired) electrons. The fraction of sp³-hybridized carbons (Fsp3) is 0.222. The van der Waals surface area contributed by atoms with Gasteiger partial charge in [-0.05, 0) is 53.3 Å². The Bertz CT molecular complexity index is 1330. The Morgan fingerprint density at radius 2 is 1.53 bits per heavy atom. The van der Waals surface area contributed by atoms with Gasteiger partial charge in [0.1, 0.15) is 5.15 Å². The van der Waals surface area contributed by atoms with Crippen molar-refractivity contribution < 1.29 is 0 Å². The largest absolute Gasteiger partial charge is 0.253 e. The summed E-state index contributed by atoms with van der Waals surface area (Å²) in [7, 11) is 0. The molecule has 2 aromatic carbocycles. The van der Waals surface area contributed by atoms with Crippen molar-refractivity contribution in [2.45, 2.75) is 37.5 Å². The third kappa shape index (κ3) is 3.15. The highest BCUT2D eigenvalue weighted by atomic mass is 35.5. The van der Waals surface area contributed by atoms with Crippen molar-refractivity contribution >= 4 is 23.2 Å². The van der Waals surface area contributed by atoms with Crippen molar-refractivity contribution in [1.82, 2.24) is 15.0 Å². The number of benzene rings is 2. The molecule has 0 bridgehead atoms. The lowest BCUT2D eigenvalue weighted by atomic mass is 9.67. The Hall–Kier alpha value is -2.75. The average Bonchev–Trinajstić information content (AvgIpc) is 3.09. The molecule has 0 saturated heterocycles. The summed E-state index contributed by atoms with van der Waals surface area (Å²) in [5.41, 5.74) is 8.08. The SMILES string of the molecule is Clc1ccc(-c2cc(Cl)nc(-c3ccc4c(c3)C3(CCCCC3)c3ccccc3-4)n2)nc1. The van der Waals surface area contributed by atoms with Crippen molar-refractivity contribution in [3.63, 3.8) is 0 Å². The van der Waals surface area contributed by atoms with Crippen LogP contribution in [0.4, 0.5) is 0 Å². The maximum atomic E-state index is 6.41.